The van der Waals surface area contributed by atoms with Crippen molar-refractivity contribution >= 4 is 11.9 Å². The standard InChI is InChI=1S/C22H24N2O3/c1-4-6-18-7-5-12-24(18)21(25)17-10-8-16(9-11-17)19-13-14(2)20(22(26)27)15(3)23-19/h5,7-11,13,18H,4,6,12H2,1-3H3,(H,26,27)/t18-/m1/s1. The van der Waals surface area contributed by atoms with E-state index in [1.54, 1.807) is 19.9 Å². The van der Waals surface area contributed by atoms with Gasteiger partial charge in [0.05, 0.1) is 23.0 Å². The number of carbonyl (C=O) groups is 2. The largest absolute Gasteiger partial charge is 0.478 e. The van der Waals surface area contributed by atoms with E-state index in [0.29, 0.717) is 29.1 Å². The van der Waals surface area contributed by atoms with E-state index in [-0.39, 0.29) is 17.5 Å². The highest BCUT2D eigenvalue weighted by molar-refractivity contribution is 5.95. The van der Waals surface area contributed by atoms with Crippen LogP contribution in [0.15, 0.2) is 42.5 Å². The zero-order chi connectivity index (χ0) is 19.6. The fourth-order valence-electron chi connectivity index (χ4n) is 3.60. The number of benzene rings is 1. The molecule has 2 aromatic rings. The summed E-state index contributed by atoms with van der Waals surface area (Å²) in [6.07, 6.45) is 6.16. The molecule has 5 heteroatoms. The molecule has 1 aliphatic heterocycles. The van der Waals surface area contributed by atoms with Crippen LogP contribution in [0.3, 0.4) is 0 Å². The number of carbonyl (C=O) groups excluding carboxylic acids is 1. The topological polar surface area (TPSA) is 70.5 Å². The maximum absolute atomic E-state index is 12.8. The summed E-state index contributed by atoms with van der Waals surface area (Å²) in [5.41, 5.74) is 3.63. The van der Waals surface area contributed by atoms with Gasteiger partial charge in [-0.2, -0.15) is 0 Å². The monoisotopic (exact) mass is 364 g/mol. The molecular formula is C22H24N2O3. The molecular weight excluding hydrogens is 340 g/mol. The number of pyridine rings is 1. The Morgan fingerprint density at radius 1 is 1.22 bits per heavy atom. The molecule has 0 bridgehead atoms. The summed E-state index contributed by atoms with van der Waals surface area (Å²) in [6, 6.07) is 9.32. The summed E-state index contributed by atoms with van der Waals surface area (Å²) >= 11 is 0. The molecule has 0 radical (unpaired) electrons. The first-order valence-electron chi connectivity index (χ1n) is 9.22. The zero-order valence-corrected chi connectivity index (χ0v) is 15.9. The van der Waals surface area contributed by atoms with E-state index in [9.17, 15) is 14.7 Å². The van der Waals surface area contributed by atoms with Crippen LogP contribution >= 0.6 is 0 Å². The number of aryl methyl sites for hydroxylation is 2. The lowest BCUT2D eigenvalue weighted by molar-refractivity contribution is 0.0693. The first-order chi connectivity index (χ1) is 12.9. The summed E-state index contributed by atoms with van der Waals surface area (Å²) in [6.45, 7) is 6.25. The lowest BCUT2D eigenvalue weighted by Crippen LogP contribution is -2.35. The number of hydrogen-bond donors (Lipinski definition) is 1. The van der Waals surface area contributed by atoms with Crippen molar-refractivity contribution in [3.05, 3.63) is 64.9 Å². The molecule has 1 aromatic carbocycles. The van der Waals surface area contributed by atoms with Gasteiger partial charge in [0.15, 0.2) is 0 Å². The van der Waals surface area contributed by atoms with E-state index >= 15 is 0 Å². The number of aromatic nitrogens is 1. The predicted octanol–water partition coefficient (Wildman–Crippen LogP) is 4.24. The van der Waals surface area contributed by atoms with Gasteiger partial charge in [0.2, 0.25) is 0 Å². The van der Waals surface area contributed by atoms with Crippen LogP contribution in [0, 0.1) is 13.8 Å². The second-order valence-corrected chi connectivity index (χ2v) is 6.91. The van der Waals surface area contributed by atoms with Gasteiger partial charge in [-0.3, -0.25) is 9.78 Å². The minimum atomic E-state index is -0.967. The molecule has 0 aliphatic carbocycles. The lowest BCUT2D eigenvalue weighted by Gasteiger charge is -2.24. The maximum atomic E-state index is 12.8. The molecule has 140 valence electrons. The van der Waals surface area contributed by atoms with Gasteiger partial charge in [-0.25, -0.2) is 4.79 Å². The molecule has 1 amide bonds. The van der Waals surface area contributed by atoms with Crippen molar-refractivity contribution in [3.63, 3.8) is 0 Å². The van der Waals surface area contributed by atoms with Crippen LogP contribution in [-0.4, -0.2) is 39.5 Å². The van der Waals surface area contributed by atoms with E-state index in [1.807, 2.05) is 35.2 Å². The fraction of sp³-hybridized carbons (Fsp3) is 0.318. The molecule has 0 saturated heterocycles. The van der Waals surface area contributed by atoms with E-state index in [4.69, 9.17) is 0 Å². The molecule has 1 aliphatic rings. The third-order valence-corrected chi connectivity index (χ3v) is 4.94. The van der Waals surface area contributed by atoms with Gasteiger partial charge in [0.25, 0.3) is 5.91 Å². The highest BCUT2D eigenvalue weighted by Gasteiger charge is 2.25. The van der Waals surface area contributed by atoms with Crippen LogP contribution in [0.2, 0.25) is 0 Å². The third-order valence-electron chi connectivity index (χ3n) is 4.94. The average Bonchev–Trinajstić information content (AvgIpc) is 3.09. The zero-order valence-electron chi connectivity index (χ0n) is 15.9. The smallest absolute Gasteiger partial charge is 0.337 e. The molecule has 1 N–H and O–H groups in total. The van der Waals surface area contributed by atoms with Crippen molar-refractivity contribution in [2.24, 2.45) is 0 Å². The van der Waals surface area contributed by atoms with Crippen molar-refractivity contribution in [3.8, 4) is 11.3 Å². The number of carboxylic acids is 1. The Labute approximate surface area is 159 Å². The number of rotatable bonds is 5. The average molecular weight is 364 g/mol. The van der Waals surface area contributed by atoms with Crippen LogP contribution in [-0.2, 0) is 0 Å². The Balaban J connectivity index is 1.84. The van der Waals surface area contributed by atoms with E-state index in [1.165, 1.54) is 0 Å². The predicted molar refractivity (Wildman–Crippen MR) is 105 cm³/mol. The van der Waals surface area contributed by atoms with Gasteiger partial charge >= 0.3 is 5.97 Å². The first-order valence-corrected chi connectivity index (χ1v) is 9.22. The van der Waals surface area contributed by atoms with E-state index < -0.39 is 5.97 Å². The summed E-state index contributed by atoms with van der Waals surface area (Å²) in [5.74, 6) is -0.933. The highest BCUT2D eigenvalue weighted by Crippen LogP contribution is 2.24. The van der Waals surface area contributed by atoms with Crippen LogP contribution in [0.25, 0.3) is 11.3 Å². The van der Waals surface area contributed by atoms with Gasteiger partial charge in [-0.05, 0) is 44.0 Å². The molecule has 2 heterocycles. The second kappa shape index (κ2) is 7.74. The quantitative estimate of drug-likeness (QED) is 0.806. The van der Waals surface area contributed by atoms with Crippen molar-refractivity contribution in [2.45, 2.75) is 39.7 Å². The lowest BCUT2D eigenvalue weighted by atomic mass is 10.0. The molecule has 0 saturated carbocycles. The van der Waals surface area contributed by atoms with E-state index in [2.05, 4.69) is 18.0 Å². The van der Waals surface area contributed by atoms with E-state index in [0.717, 1.165) is 18.4 Å². The minimum absolute atomic E-state index is 0.0338. The van der Waals surface area contributed by atoms with Crippen LogP contribution in [0.4, 0.5) is 0 Å². The van der Waals surface area contributed by atoms with Crippen molar-refractivity contribution in [2.75, 3.05) is 6.54 Å². The number of carboxylic acid groups (broad SMARTS) is 1. The van der Waals surface area contributed by atoms with Crippen molar-refractivity contribution in [1.29, 1.82) is 0 Å². The van der Waals surface area contributed by atoms with Crippen LogP contribution in [0.1, 0.15) is 51.7 Å². The van der Waals surface area contributed by atoms with Crippen LogP contribution in [0.5, 0.6) is 0 Å². The summed E-state index contributed by atoms with van der Waals surface area (Å²) in [7, 11) is 0. The first kappa shape index (κ1) is 18.8. The molecule has 27 heavy (non-hydrogen) atoms. The Morgan fingerprint density at radius 2 is 1.93 bits per heavy atom. The fourth-order valence-corrected chi connectivity index (χ4v) is 3.60. The molecule has 5 nitrogen and oxygen atoms in total. The number of amides is 1. The number of aromatic carboxylic acids is 1. The van der Waals surface area contributed by atoms with Gasteiger partial charge < -0.3 is 10.0 Å². The Bertz CT molecular complexity index is 877. The molecule has 0 unspecified atom stereocenters. The van der Waals surface area contributed by atoms with Gasteiger partial charge in [0, 0.05) is 17.7 Å². The molecule has 0 spiro atoms. The van der Waals surface area contributed by atoms with Crippen molar-refractivity contribution < 1.29 is 14.7 Å². The van der Waals surface area contributed by atoms with Gasteiger partial charge in [-0.15, -0.1) is 0 Å². The molecule has 3 rings (SSSR count). The summed E-state index contributed by atoms with van der Waals surface area (Å²) < 4.78 is 0. The Kier molecular flexibility index (Phi) is 5.40. The number of nitrogens with zero attached hydrogens (tertiary/aromatic N) is 2. The van der Waals surface area contributed by atoms with Crippen LogP contribution < -0.4 is 0 Å². The maximum Gasteiger partial charge on any atom is 0.337 e. The SMILES string of the molecule is CCC[C@@H]1C=CCN1C(=O)c1ccc(-c2cc(C)c(C(=O)O)c(C)n2)cc1. The van der Waals surface area contributed by atoms with Gasteiger partial charge in [-0.1, -0.05) is 37.6 Å². The second-order valence-electron chi connectivity index (χ2n) is 6.91. The Hall–Kier alpha value is -2.95. The Morgan fingerprint density at radius 3 is 2.52 bits per heavy atom. The number of hydrogen-bond acceptors (Lipinski definition) is 3. The normalized spacial score (nSPS) is 16.0. The molecule has 0 fully saturated rings. The molecule has 1 aromatic heterocycles. The minimum Gasteiger partial charge on any atom is -0.478 e. The van der Waals surface area contributed by atoms with Crippen molar-refractivity contribution in [1.82, 2.24) is 9.88 Å². The van der Waals surface area contributed by atoms with Gasteiger partial charge in [0.1, 0.15) is 0 Å². The summed E-state index contributed by atoms with van der Waals surface area (Å²) in [4.78, 5) is 30.5. The molecule has 1 atom stereocenters. The third kappa shape index (κ3) is 3.77. The summed E-state index contributed by atoms with van der Waals surface area (Å²) in [5, 5.41) is 9.28. The highest BCUT2D eigenvalue weighted by atomic mass is 16.4.